The van der Waals surface area contributed by atoms with E-state index in [9.17, 15) is 4.79 Å². The molecule has 3 rings (SSSR count). The summed E-state index contributed by atoms with van der Waals surface area (Å²) in [6.07, 6.45) is 3.22. The minimum absolute atomic E-state index is 0.150. The number of rotatable bonds is 4. The Kier molecular flexibility index (Phi) is 3.93. The number of carbonyl (C=O) groups is 1. The van der Waals surface area contributed by atoms with Crippen LogP contribution in [0.25, 0.3) is 10.9 Å². The lowest BCUT2D eigenvalue weighted by atomic mass is 10.0. The van der Waals surface area contributed by atoms with Crippen molar-refractivity contribution >= 4 is 32.6 Å². The maximum Gasteiger partial charge on any atom is 0.169 e. The summed E-state index contributed by atoms with van der Waals surface area (Å²) in [7, 11) is 0. The van der Waals surface area contributed by atoms with Crippen LogP contribution in [0, 0.1) is 0 Å². The smallest absolute Gasteiger partial charge is 0.169 e. The number of aromatic amines is 1. The Morgan fingerprint density at radius 1 is 1.14 bits per heavy atom. The number of fused-ring (bicyclic) bond motifs is 1. The maximum absolute atomic E-state index is 12.5. The summed E-state index contributed by atoms with van der Waals surface area (Å²) in [5.41, 5.74) is 4.14. The molecule has 0 fully saturated rings. The molecule has 1 N–H and O–H groups in total. The number of hydrogen-bond donors (Lipinski definition) is 1. The number of nitrogens with one attached hydrogen (secondary N) is 1. The third-order valence-corrected chi connectivity index (χ3v) is 4.29. The summed E-state index contributed by atoms with van der Waals surface area (Å²) in [4.78, 5) is 15.8. The predicted octanol–water partition coefficient (Wildman–Crippen LogP) is 4.92. The molecule has 3 aromatic rings. The molecule has 106 valence electrons. The van der Waals surface area contributed by atoms with Gasteiger partial charge in [0.1, 0.15) is 0 Å². The molecule has 0 spiro atoms. The quantitative estimate of drug-likeness (QED) is 0.671. The van der Waals surface area contributed by atoms with Crippen molar-refractivity contribution in [2.75, 3.05) is 0 Å². The van der Waals surface area contributed by atoms with Gasteiger partial charge in [-0.3, -0.25) is 4.79 Å². The van der Waals surface area contributed by atoms with Gasteiger partial charge in [-0.1, -0.05) is 53.2 Å². The molecule has 0 aliphatic heterocycles. The van der Waals surface area contributed by atoms with Gasteiger partial charge in [-0.2, -0.15) is 0 Å². The summed E-state index contributed by atoms with van der Waals surface area (Å²) in [6.45, 7) is 2.12. The van der Waals surface area contributed by atoms with Gasteiger partial charge in [0, 0.05) is 33.6 Å². The van der Waals surface area contributed by atoms with E-state index in [1.54, 1.807) is 0 Å². The SMILES string of the molecule is CCc1cccc2c(C(=O)Cc3ccc(Br)cc3)c[nH]c12. The summed E-state index contributed by atoms with van der Waals surface area (Å²) in [5.74, 6) is 0.150. The van der Waals surface area contributed by atoms with Gasteiger partial charge in [-0.15, -0.1) is 0 Å². The predicted molar refractivity (Wildman–Crippen MR) is 89.9 cm³/mol. The second-order valence-electron chi connectivity index (χ2n) is 5.12. The number of para-hydroxylation sites is 1. The third kappa shape index (κ3) is 2.79. The van der Waals surface area contributed by atoms with Crippen molar-refractivity contribution in [2.45, 2.75) is 19.8 Å². The molecule has 1 heterocycles. The summed E-state index contributed by atoms with van der Waals surface area (Å²) in [6, 6.07) is 14.0. The van der Waals surface area contributed by atoms with Crippen LogP contribution in [0.3, 0.4) is 0 Å². The van der Waals surface area contributed by atoms with Gasteiger partial charge in [0.25, 0.3) is 0 Å². The van der Waals surface area contributed by atoms with Gasteiger partial charge in [-0.25, -0.2) is 0 Å². The van der Waals surface area contributed by atoms with Crippen molar-refractivity contribution in [3.63, 3.8) is 0 Å². The van der Waals surface area contributed by atoms with Crippen molar-refractivity contribution in [1.82, 2.24) is 4.98 Å². The molecule has 21 heavy (non-hydrogen) atoms. The average Bonchev–Trinajstić information content (AvgIpc) is 2.93. The molecule has 0 aliphatic rings. The summed E-state index contributed by atoms with van der Waals surface area (Å²) >= 11 is 3.41. The number of benzene rings is 2. The van der Waals surface area contributed by atoms with Crippen molar-refractivity contribution in [3.8, 4) is 0 Å². The first-order chi connectivity index (χ1) is 10.2. The molecule has 0 radical (unpaired) electrons. The first kappa shape index (κ1) is 14.1. The first-order valence-electron chi connectivity index (χ1n) is 7.05. The number of halogens is 1. The number of ketones is 1. The summed E-state index contributed by atoms with van der Waals surface area (Å²) in [5, 5.41) is 1.02. The summed E-state index contributed by atoms with van der Waals surface area (Å²) < 4.78 is 1.03. The van der Waals surface area contributed by atoms with Crippen LogP contribution in [0.2, 0.25) is 0 Å². The molecule has 2 nitrogen and oxygen atoms in total. The van der Waals surface area contributed by atoms with Gasteiger partial charge in [0.2, 0.25) is 0 Å². The zero-order valence-electron chi connectivity index (χ0n) is 11.8. The van der Waals surface area contributed by atoms with Crippen LogP contribution in [-0.4, -0.2) is 10.8 Å². The number of Topliss-reactive ketones (excluding diaryl/α,β-unsaturated/α-hetero) is 1. The maximum atomic E-state index is 12.5. The minimum atomic E-state index is 0.150. The van der Waals surface area contributed by atoms with Crippen LogP contribution >= 0.6 is 15.9 Å². The fourth-order valence-corrected chi connectivity index (χ4v) is 2.89. The fourth-order valence-electron chi connectivity index (χ4n) is 2.63. The second kappa shape index (κ2) is 5.86. The normalized spacial score (nSPS) is 11.0. The first-order valence-corrected chi connectivity index (χ1v) is 7.85. The highest BCUT2D eigenvalue weighted by Crippen LogP contribution is 2.23. The molecule has 3 heteroatoms. The zero-order chi connectivity index (χ0) is 14.8. The molecule has 1 aromatic heterocycles. The highest BCUT2D eigenvalue weighted by Gasteiger charge is 2.13. The largest absolute Gasteiger partial charge is 0.360 e. The third-order valence-electron chi connectivity index (χ3n) is 3.76. The average molecular weight is 342 g/mol. The molecule has 0 aliphatic carbocycles. The lowest BCUT2D eigenvalue weighted by Crippen LogP contribution is -2.02. The Morgan fingerprint density at radius 2 is 1.90 bits per heavy atom. The van der Waals surface area contributed by atoms with Crippen LogP contribution in [0.4, 0.5) is 0 Å². The van der Waals surface area contributed by atoms with Gasteiger partial charge in [0.15, 0.2) is 5.78 Å². The molecular formula is C18H16BrNO. The van der Waals surface area contributed by atoms with E-state index in [2.05, 4.69) is 33.9 Å². The van der Waals surface area contributed by atoms with E-state index in [0.29, 0.717) is 6.42 Å². The molecule has 0 saturated heterocycles. The fraction of sp³-hybridized carbons (Fsp3) is 0.167. The molecule has 0 amide bonds. The Morgan fingerprint density at radius 3 is 2.62 bits per heavy atom. The second-order valence-corrected chi connectivity index (χ2v) is 6.04. The highest BCUT2D eigenvalue weighted by molar-refractivity contribution is 9.10. The number of H-pyrrole nitrogens is 1. The molecular weight excluding hydrogens is 326 g/mol. The van der Waals surface area contributed by atoms with Crippen molar-refractivity contribution in [3.05, 3.63) is 69.8 Å². The number of hydrogen-bond acceptors (Lipinski definition) is 1. The minimum Gasteiger partial charge on any atom is -0.360 e. The van der Waals surface area contributed by atoms with Gasteiger partial charge in [0.05, 0.1) is 0 Å². The van der Waals surface area contributed by atoms with Crippen LogP contribution in [-0.2, 0) is 12.8 Å². The Labute approximate surface area is 132 Å². The van der Waals surface area contributed by atoms with E-state index in [1.165, 1.54) is 5.56 Å². The van der Waals surface area contributed by atoms with E-state index < -0.39 is 0 Å². The molecule has 0 unspecified atom stereocenters. The molecule has 0 atom stereocenters. The molecule has 0 saturated carbocycles. The van der Waals surface area contributed by atoms with E-state index in [1.807, 2.05) is 42.6 Å². The van der Waals surface area contributed by atoms with E-state index >= 15 is 0 Å². The standard InChI is InChI=1S/C18H16BrNO/c1-2-13-4-3-5-15-16(11-20-18(13)15)17(21)10-12-6-8-14(19)9-7-12/h3-9,11,20H,2,10H2,1H3. The van der Waals surface area contributed by atoms with Crippen LogP contribution < -0.4 is 0 Å². The topological polar surface area (TPSA) is 32.9 Å². The Bertz CT molecular complexity index is 787. The van der Waals surface area contributed by atoms with Crippen LogP contribution in [0.5, 0.6) is 0 Å². The van der Waals surface area contributed by atoms with E-state index in [0.717, 1.165) is 32.9 Å². The van der Waals surface area contributed by atoms with Gasteiger partial charge >= 0.3 is 0 Å². The lowest BCUT2D eigenvalue weighted by molar-refractivity contribution is 0.0994. The lowest BCUT2D eigenvalue weighted by Gasteiger charge is -2.02. The van der Waals surface area contributed by atoms with Crippen LogP contribution in [0.1, 0.15) is 28.4 Å². The molecule has 2 aromatic carbocycles. The number of carbonyl (C=O) groups excluding carboxylic acids is 1. The zero-order valence-corrected chi connectivity index (χ0v) is 13.4. The number of aryl methyl sites for hydroxylation is 1. The Hall–Kier alpha value is -1.87. The van der Waals surface area contributed by atoms with Gasteiger partial charge in [-0.05, 0) is 29.7 Å². The van der Waals surface area contributed by atoms with E-state index in [4.69, 9.17) is 0 Å². The highest BCUT2D eigenvalue weighted by atomic mass is 79.9. The van der Waals surface area contributed by atoms with Crippen molar-refractivity contribution in [1.29, 1.82) is 0 Å². The van der Waals surface area contributed by atoms with Crippen molar-refractivity contribution in [2.24, 2.45) is 0 Å². The van der Waals surface area contributed by atoms with Crippen molar-refractivity contribution < 1.29 is 4.79 Å². The van der Waals surface area contributed by atoms with Gasteiger partial charge < -0.3 is 4.98 Å². The molecule has 0 bridgehead atoms. The monoisotopic (exact) mass is 341 g/mol. The van der Waals surface area contributed by atoms with Crippen LogP contribution in [0.15, 0.2) is 53.1 Å². The number of aromatic nitrogens is 1. The Balaban J connectivity index is 1.93. The van der Waals surface area contributed by atoms with E-state index in [-0.39, 0.29) is 5.78 Å².